The lowest BCUT2D eigenvalue weighted by molar-refractivity contribution is -0.137. The number of nitrogens with one attached hydrogen (secondary N) is 1. The van der Waals surface area contributed by atoms with Crippen LogP contribution in [0.2, 0.25) is 0 Å². The maximum absolute atomic E-state index is 13.3. The summed E-state index contributed by atoms with van der Waals surface area (Å²) in [5.74, 6) is -1.17. The number of morpholine rings is 1. The normalized spacial score (nSPS) is 21.3. The second-order valence-corrected chi connectivity index (χ2v) is 9.41. The Bertz CT molecular complexity index is 1160. The summed E-state index contributed by atoms with van der Waals surface area (Å²) >= 11 is 0. The third kappa shape index (κ3) is 4.66. The molecule has 10 heteroatoms. The predicted molar refractivity (Wildman–Crippen MR) is 122 cm³/mol. The number of amides is 2. The van der Waals surface area contributed by atoms with Crippen LogP contribution in [0.4, 0.5) is 0 Å². The summed E-state index contributed by atoms with van der Waals surface area (Å²) in [6, 6.07) is -0.00377. The molecule has 2 amide bonds. The average Bonchev–Trinajstić information content (AvgIpc) is 3.46. The molecular weight excluding hydrogens is 426 g/mol. The number of ether oxygens (including phenoxy) is 1. The van der Waals surface area contributed by atoms with Crippen molar-refractivity contribution in [3.8, 4) is 5.88 Å². The topological polar surface area (TPSA) is 118 Å². The van der Waals surface area contributed by atoms with Crippen LogP contribution in [0, 0.1) is 5.92 Å². The molecule has 1 aliphatic carbocycles. The van der Waals surface area contributed by atoms with Crippen molar-refractivity contribution in [2.75, 3.05) is 13.2 Å². The van der Waals surface area contributed by atoms with Gasteiger partial charge in [0.1, 0.15) is 5.65 Å². The molecule has 2 fully saturated rings. The van der Waals surface area contributed by atoms with Crippen molar-refractivity contribution in [1.29, 1.82) is 0 Å². The van der Waals surface area contributed by atoms with Gasteiger partial charge in [-0.25, -0.2) is 0 Å². The van der Waals surface area contributed by atoms with E-state index in [9.17, 15) is 19.5 Å². The Balaban J connectivity index is 1.74. The zero-order valence-electron chi connectivity index (χ0n) is 19.4. The molecule has 2 aromatic heterocycles. The highest BCUT2D eigenvalue weighted by Gasteiger charge is 2.30. The van der Waals surface area contributed by atoms with Crippen LogP contribution in [0.3, 0.4) is 0 Å². The zero-order valence-corrected chi connectivity index (χ0v) is 19.4. The Morgan fingerprint density at radius 3 is 2.73 bits per heavy atom. The quantitative estimate of drug-likeness (QED) is 0.633. The van der Waals surface area contributed by atoms with Crippen LogP contribution in [-0.4, -0.2) is 67.3 Å². The molecule has 2 aliphatic rings. The van der Waals surface area contributed by atoms with E-state index < -0.39 is 17.3 Å². The molecule has 4 rings (SSSR count). The van der Waals surface area contributed by atoms with E-state index in [4.69, 9.17) is 4.74 Å². The van der Waals surface area contributed by atoms with Crippen LogP contribution in [-0.2, 0) is 16.1 Å². The zero-order chi connectivity index (χ0) is 23.9. The molecule has 178 valence electrons. The van der Waals surface area contributed by atoms with Gasteiger partial charge in [0.25, 0.3) is 11.5 Å². The second kappa shape index (κ2) is 9.01. The molecule has 0 spiro atoms. The van der Waals surface area contributed by atoms with Crippen molar-refractivity contribution in [1.82, 2.24) is 24.4 Å². The van der Waals surface area contributed by atoms with E-state index in [1.807, 2.05) is 27.7 Å². The van der Waals surface area contributed by atoms with E-state index in [0.29, 0.717) is 30.9 Å². The van der Waals surface area contributed by atoms with Gasteiger partial charge in [-0.3, -0.25) is 19.0 Å². The van der Waals surface area contributed by atoms with Gasteiger partial charge in [0, 0.05) is 30.8 Å². The summed E-state index contributed by atoms with van der Waals surface area (Å²) in [4.78, 5) is 40.5. The first kappa shape index (κ1) is 23.0. The van der Waals surface area contributed by atoms with Gasteiger partial charge < -0.3 is 20.1 Å². The van der Waals surface area contributed by atoms with E-state index in [2.05, 4.69) is 10.4 Å². The van der Waals surface area contributed by atoms with Gasteiger partial charge in [-0.05, 0) is 38.7 Å². The first-order chi connectivity index (χ1) is 15.7. The maximum Gasteiger partial charge on any atom is 0.270 e. The number of hydrogen-bond acceptors (Lipinski definition) is 6. The molecular formula is C23H31N5O5. The van der Waals surface area contributed by atoms with E-state index in [0.717, 1.165) is 12.8 Å². The Hall–Kier alpha value is -3.14. The van der Waals surface area contributed by atoms with Crippen LogP contribution >= 0.6 is 0 Å². The molecule has 0 bridgehead atoms. The van der Waals surface area contributed by atoms with Crippen molar-refractivity contribution in [2.45, 2.75) is 65.3 Å². The van der Waals surface area contributed by atoms with Crippen molar-refractivity contribution in [3.05, 3.63) is 33.8 Å². The molecule has 0 radical (unpaired) electrons. The van der Waals surface area contributed by atoms with Gasteiger partial charge in [-0.15, -0.1) is 0 Å². The molecule has 1 saturated carbocycles. The van der Waals surface area contributed by atoms with Crippen LogP contribution in [0.1, 0.15) is 56.5 Å². The molecule has 0 aromatic carbocycles. The van der Waals surface area contributed by atoms with Gasteiger partial charge in [0.15, 0.2) is 5.56 Å². The highest BCUT2D eigenvalue weighted by Crippen LogP contribution is 2.24. The van der Waals surface area contributed by atoms with Crippen LogP contribution in [0.15, 0.2) is 17.1 Å². The van der Waals surface area contributed by atoms with E-state index >= 15 is 0 Å². The summed E-state index contributed by atoms with van der Waals surface area (Å²) in [7, 11) is 0. The molecule has 10 nitrogen and oxygen atoms in total. The molecule has 2 aromatic rings. The number of hydrogen-bond donors (Lipinski definition) is 2. The minimum atomic E-state index is -0.599. The van der Waals surface area contributed by atoms with E-state index in [1.54, 1.807) is 11.0 Å². The molecule has 33 heavy (non-hydrogen) atoms. The summed E-state index contributed by atoms with van der Waals surface area (Å²) in [5, 5.41) is 17.7. The fourth-order valence-corrected chi connectivity index (χ4v) is 4.02. The van der Waals surface area contributed by atoms with E-state index in [1.165, 1.54) is 21.4 Å². The lowest BCUT2D eigenvalue weighted by Gasteiger charge is -2.36. The third-order valence-electron chi connectivity index (χ3n) is 5.89. The lowest BCUT2D eigenvalue weighted by Crippen LogP contribution is -2.49. The van der Waals surface area contributed by atoms with Crippen LogP contribution in [0.25, 0.3) is 11.7 Å². The minimum Gasteiger partial charge on any atom is -0.492 e. The maximum atomic E-state index is 13.3. The molecule has 2 atom stereocenters. The summed E-state index contributed by atoms with van der Waals surface area (Å²) in [5.41, 5.74) is -0.0639. The van der Waals surface area contributed by atoms with Gasteiger partial charge in [0.2, 0.25) is 11.8 Å². The summed E-state index contributed by atoms with van der Waals surface area (Å²) in [6.45, 7) is 9.06. The van der Waals surface area contributed by atoms with Crippen molar-refractivity contribution in [3.63, 3.8) is 0 Å². The fourth-order valence-electron chi connectivity index (χ4n) is 4.02. The Labute approximate surface area is 191 Å². The van der Waals surface area contributed by atoms with Crippen molar-refractivity contribution >= 4 is 23.5 Å². The first-order valence-corrected chi connectivity index (χ1v) is 11.4. The molecule has 2 N–H and O–H groups in total. The van der Waals surface area contributed by atoms with Gasteiger partial charge in [-0.2, -0.15) is 9.61 Å². The summed E-state index contributed by atoms with van der Waals surface area (Å²) in [6.07, 6.45) is 6.20. The number of carbonyl (C=O) groups is 2. The van der Waals surface area contributed by atoms with Crippen molar-refractivity contribution < 1.29 is 19.4 Å². The highest BCUT2D eigenvalue weighted by molar-refractivity contribution is 5.97. The van der Waals surface area contributed by atoms with Gasteiger partial charge >= 0.3 is 0 Å². The number of aromatic nitrogens is 3. The fraction of sp³-hybridized carbons (Fsp3) is 0.565. The number of nitrogens with zero attached hydrogens (tertiary/aromatic N) is 4. The average molecular weight is 458 g/mol. The monoisotopic (exact) mass is 457 g/mol. The molecule has 1 saturated heterocycles. The highest BCUT2D eigenvalue weighted by atomic mass is 16.5. The molecule has 0 unspecified atom stereocenters. The predicted octanol–water partition coefficient (Wildman–Crippen LogP) is 1.40. The Morgan fingerprint density at radius 1 is 1.33 bits per heavy atom. The van der Waals surface area contributed by atoms with E-state index in [-0.39, 0.29) is 35.6 Å². The minimum absolute atomic E-state index is 0.0381. The smallest absolute Gasteiger partial charge is 0.270 e. The number of aromatic hydroxyl groups is 1. The Morgan fingerprint density at radius 2 is 2.06 bits per heavy atom. The van der Waals surface area contributed by atoms with Gasteiger partial charge in [0.05, 0.1) is 24.9 Å². The second-order valence-electron chi connectivity index (χ2n) is 9.41. The van der Waals surface area contributed by atoms with Crippen molar-refractivity contribution in [2.24, 2.45) is 5.92 Å². The number of rotatable bonds is 6. The third-order valence-corrected chi connectivity index (χ3v) is 5.89. The number of fused-ring (bicyclic) bond motifs is 1. The molecule has 1 aliphatic heterocycles. The SMILES string of the molecule is CC(C)Cn1c(=O)c(C(=O)NC2CC2)c(O)n2ncc(/C=C/C(=O)N3C[C@@H](C)OC[C@H]3C)c12. The largest absolute Gasteiger partial charge is 0.492 e. The first-order valence-electron chi connectivity index (χ1n) is 11.4. The van der Waals surface area contributed by atoms with Gasteiger partial charge in [-0.1, -0.05) is 13.8 Å². The molecule has 3 heterocycles. The lowest BCUT2D eigenvalue weighted by atomic mass is 10.2. The number of carbonyl (C=O) groups excluding carboxylic acids is 2. The Kier molecular flexibility index (Phi) is 6.29. The van der Waals surface area contributed by atoms with Crippen LogP contribution in [0.5, 0.6) is 5.88 Å². The summed E-state index contributed by atoms with van der Waals surface area (Å²) < 4.78 is 8.22. The standard InChI is InChI=1S/C23H31N5O5/c1-13(2)10-27-21-16(5-8-18(29)26-11-15(4)33-12-14(26)3)9-24-28(21)23(32)19(22(27)31)20(30)25-17-6-7-17/h5,8-9,13-15,17,32H,6-7,10-12H2,1-4H3,(H,25,30)/b8-5+/t14-,15-/m1/s1. The van der Waals surface area contributed by atoms with Crippen LogP contribution < -0.4 is 10.9 Å².